The highest BCUT2D eigenvalue weighted by Crippen LogP contribution is 2.23. The highest BCUT2D eigenvalue weighted by Gasteiger charge is 2.29. The molecule has 1 amide bonds. The Kier molecular flexibility index (Phi) is 4.41. The summed E-state index contributed by atoms with van der Waals surface area (Å²) in [6.07, 6.45) is 0. The van der Waals surface area contributed by atoms with Gasteiger partial charge in [0.1, 0.15) is 5.82 Å². The van der Waals surface area contributed by atoms with Crippen molar-refractivity contribution in [2.45, 2.75) is 32.7 Å². The number of rotatable bonds is 4. The molecule has 0 fully saturated rings. The van der Waals surface area contributed by atoms with Crippen LogP contribution in [0.3, 0.4) is 0 Å². The van der Waals surface area contributed by atoms with E-state index in [1.807, 2.05) is 45.0 Å². The third-order valence-electron chi connectivity index (χ3n) is 3.83. The van der Waals surface area contributed by atoms with Gasteiger partial charge >= 0.3 is 0 Å². The third-order valence-corrected chi connectivity index (χ3v) is 3.83. The number of amides is 1. The zero-order valence-corrected chi connectivity index (χ0v) is 12.6. The van der Waals surface area contributed by atoms with Crippen molar-refractivity contribution in [3.05, 3.63) is 71.0 Å². The Bertz CT molecular complexity index is 632. The van der Waals surface area contributed by atoms with Crippen LogP contribution in [0.4, 0.5) is 4.39 Å². The van der Waals surface area contributed by atoms with E-state index in [2.05, 4.69) is 5.32 Å². The van der Waals surface area contributed by atoms with E-state index < -0.39 is 5.41 Å². The van der Waals surface area contributed by atoms with Crippen LogP contribution in [0.2, 0.25) is 0 Å². The molecule has 0 heterocycles. The van der Waals surface area contributed by atoms with Crippen molar-refractivity contribution in [1.82, 2.24) is 5.32 Å². The Labute approximate surface area is 125 Å². The Morgan fingerprint density at radius 1 is 1.10 bits per heavy atom. The number of hydrogen-bond donors (Lipinski definition) is 1. The molecule has 0 radical (unpaired) electrons. The molecule has 0 aliphatic heterocycles. The zero-order chi connectivity index (χ0) is 15.5. The summed E-state index contributed by atoms with van der Waals surface area (Å²) in [5, 5.41) is 2.96. The van der Waals surface area contributed by atoms with Crippen LogP contribution in [0.1, 0.15) is 30.5 Å². The quantitative estimate of drug-likeness (QED) is 0.911. The summed E-state index contributed by atoms with van der Waals surface area (Å²) in [4.78, 5) is 12.4. The largest absolute Gasteiger partial charge is 0.351 e. The van der Waals surface area contributed by atoms with Gasteiger partial charge in [-0.05, 0) is 49.6 Å². The van der Waals surface area contributed by atoms with Crippen molar-refractivity contribution >= 4 is 5.91 Å². The smallest absolute Gasteiger partial charge is 0.230 e. The summed E-state index contributed by atoms with van der Waals surface area (Å²) in [6.45, 7) is 6.20. The SMILES string of the molecule is Cc1ccccc1CNC(=O)C(C)(C)c1ccc(F)cc1. The van der Waals surface area contributed by atoms with E-state index in [0.717, 1.165) is 16.7 Å². The number of carbonyl (C=O) groups is 1. The molecule has 0 spiro atoms. The number of carbonyl (C=O) groups excluding carboxylic acids is 1. The first-order chi connectivity index (χ1) is 9.91. The van der Waals surface area contributed by atoms with Crippen LogP contribution < -0.4 is 5.32 Å². The van der Waals surface area contributed by atoms with Gasteiger partial charge in [0, 0.05) is 6.54 Å². The van der Waals surface area contributed by atoms with Gasteiger partial charge in [0.25, 0.3) is 0 Å². The molecular formula is C18H20FNO. The lowest BCUT2D eigenvalue weighted by Crippen LogP contribution is -2.39. The number of aryl methyl sites for hydroxylation is 1. The molecule has 0 aromatic heterocycles. The van der Waals surface area contributed by atoms with Gasteiger partial charge in [-0.15, -0.1) is 0 Å². The van der Waals surface area contributed by atoms with Crippen LogP contribution in [-0.2, 0) is 16.8 Å². The molecule has 2 nitrogen and oxygen atoms in total. The second-order valence-electron chi connectivity index (χ2n) is 5.74. The predicted molar refractivity (Wildman–Crippen MR) is 82.5 cm³/mol. The van der Waals surface area contributed by atoms with Crippen LogP contribution in [-0.4, -0.2) is 5.91 Å². The van der Waals surface area contributed by atoms with Crippen LogP contribution in [0.15, 0.2) is 48.5 Å². The van der Waals surface area contributed by atoms with Gasteiger partial charge in [0.15, 0.2) is 0 Å². The van der Waals surface area contributed by atoms with Gasteiger partial charge in [0.2, 0.25) is 5.91 Å². The van der Waals surface area contributed by atoms with Crippen molar-refractivity contribution in [3.8, 4) is 0 Å². The van der Waals surface area contributed by atoms with Gasteiger partial charge in [0.05, 0.1) is 5.41 Å². The van der Waals surface area contributed by atoms with Crippen molar-refractivity contribution in [2.75, 3.05) is 0 Å². The lowest BCUT2D eigenvalue weighted by molar-refractivity contribution is -0.125. The normalized spacial score (nSPS) is 11.2. The number of hydrogen-bond acceptors (Lipinski definition) is 1. The minimum absolute atomic E-state index is 0.0719. The van der Waals surface area contributed by atoms with Crippen molar-refractivity contribution in [2.24, 2.45) is 0 Å². The maximum atomic E-state index is 13.0. The minimum atomic E-state index is -0.698. The second-order valence-corrected chi connectivity index (χ2v) is 5.74. The molecule has 0 aliphatic rings. The van der Waals surface area contributed by atoms with E-state index in [-0.39, 0.29) is 11.7 Å². The molecule has 0 aliphatic carbocycles. The molecule has 2 aromatic carbocycles. The summed E-state index contributed by atoms with van der Waals surface area (Å²) >= 11 is 0. The number of nitrogens with one attached hydrogen (secondary N) is 1. The highest BCUT2D eigenvalue weighted by atomic mass is 19.1. The first-order valence-electron chi connectivity index (χ1n) is 7.00. The fraction of sp³-hybridized carbons (Fsp3) is 0.278. The molecule has 0 unspecified atom stereocenters. The van der Waals surface area contributed by atoms with Gasteiger partial charge in [-0.1, -0.05) is 36.4 Å². The molecule has 0 saturated carbocycles. The van der Waals surface area contributed by atoms with E-state index >= 15 is 0 Å². The molecule has 110 valence electrons. The van der Waals surface area contributed by atoms with E-state index in [1.54, 1.807) is 12.1 Å². The maximum absolute atomic E-state index is 13.0. The molecule has 0 bridgehead atoms. The summed E-state index contributed by atoms with van der Waals surface area (Å²) in [7, 11) is 0. The van der Waals surface area contributed by atoms with Crippen LogP contribution >= 0.6 is 0 Å². The maximum Gasteiger partial charge on any atom is 0.230 e. The van der Waals surface area contributed by atoms with Crippen LogP contribution in [0.25, 0.3) is 0 Å². The van der Waals surface area contributed by atoms with Gasteiger partial charge in [-0.3, -0.25) is 4.79 Å². The number of benzene rings is 2. The lowest BCUT2D eigenvalue weighted by atomic mass is 9.83. The summed E-state index contributed by atoms with van der Waals surface area (Å²) in [5.74, 6) is -0.368. The van der Waals surface area contributed by atoms with Crippen molar-refractivity contribution in [1.29, 1.82) is 0 Å². The molecule has 3 heteroatoms. The fourth-order valence-electron chi connectivity index (χ4n) is 2.20. The molecule has 2 aromatic rings. The average Bonchev–Trinajstić information content (AvgIpc) is 2.46. The number of halogens is 1. The lowest BCUT2D eigenvalue weighted by Gasteiger charge is -2.24. The monoisotopic (exact) mass is 285 g/mol. The van der Waals surface area contributed by atoms with E-state index in [1.165, 1.54) is 12.1 Å². The fourth-order valence-corrected chi connectivity index (χ4v) is 2.20. The molecular weight excluding hydrogens is 265 g/mol. The van der Waals surface area contributed by atoms with E-state index in [4.69, 9.17) is 0 Å². The summed E-state index contributed by atoms with van der Waals surface area (Å²) in [5.41, 5.74) is 2.35. The van der Waals surface area contributed by atoms with E-state index in [9.17, 15) is 9.18 Å². The van der Waals surface area contributed by atoms with Crippen LogP contribution in [0, 0.1) is 12.7 Å². The zero-order valence-electron chi connectivity index (χ0n) is 12.6. The topological polar surface area (TPSA) is 29.1 Å². The van der Waals surface area contributed by atoms with Gasteiger partial charge in [-0.25, -0.2) is 4.39 Å². The molecule has 21 heavy (non-hydrogen) atoms. The van der Waals surface area contributed by atoms with Gasteiger partial charge < -0.3 is 5.32 Å². The third kappa shape index (κ3) is 3.48. The van der Waals surface area contributed by atoms with E-state index in [0.29, 0.717) is 6.54 Å². The summed E-state index contributed by atoms with van der Waals surface area (Å²) in [6, 6.07) is 14.0. The standard InChI is InChI=1S/C18H20FNO/c1-13-6-4-5-7-14(13)12-20-17(21)18(2,3)15-8-10-16(19)11-9-15/h4-11H,12H2,1-3H3,(H,20,21). The Morgan fingerprint density at radius 2 is 1.71 bits per heavy atom. The molecule has 1 N–H and O–H groups in total. The highest BCUT2D eigenvalue weighted by molar-refractivity contribution is 5.87. The van der Waals surface area contributed by atoms with Gasteiger partial charge in [-0.2, -0.15) is 0 Å². The molecule has 2 rings (SSSR count). The first-order valence-corrected chi connectivity index (χ1v) is 7.00. The minimum Gasteiger partial charge on any atom is -0.351 e. The predicted octanol–water partition coefficient (Wildman–Crippen LogP) is 3.73. The summed E-state index contributed by atoms with van der Waals surface area (Å²) < 4.78 is 13.0. The average molecular weight is 285 g/mol. The van der Waals surface area contributed by atoms with Crippen LogP contribution in [0.5, 0.6) is 0 Å². The Balaban J connectivity index is 2.08. The Morgan fingerprint density at radius 3 is 2.33 bits per heavy atom. The first kappa shape index (κ1) is 15.2. The molecule has 0 atom stereocenters. The second kappa shape index (κ2) is 6.08. The molecule has 0 saturated heterocycles. The van der Waals surface area contributed by atoms with Crippen molar-refractivity contribution < 1.29 is 9.18 Å². The Hall–Kier alpha value is -2.16. The van der Waals surface area contributed by atoms with Crippen molar-refractivity contribution in [3.63, 3.8) is 0 Å².